The average molecular weight is 315 g/mol. The van der Waals surface area contributed by atoms with Gasteiger partial charge >= 0.3 is 0 Å². The van der Waals surface area contributed by atoms with Crippen LogP contribution in [0.5, 0.6) is 0 Å². The first kappa shape index (κ1) is 15.2. The molecule has 0 aliphatic rings. The van der Waals surface area contributed by atoms with E-state index in [-0.39, 0.29) is 4.90 Å². The number of hydrogen-bond donors (Lipinski definition) is 1. The molecule has 0 aliphatic heterocycles. The van der Waals surface area contributed by atoms with Gasteiger partial charge in [0.05, 0.1) is 16.0 Å². The molecule has 0 fully saturated rings. The molecule has 0 unspecified atom stereocenters. The zero-order valence-electron chi connectivity index (χ0n) is 11.3. The van der Waals surface area contributed by atoms with Crippen LogP contribution in [0.1, 0.15) is 20.8 Å². The van der Waals surface area contributed by atoms with Crippen molar-refractivity contribution in [2.24, 2.45) is 0 Å². The fourth-order valence-corrected chi connectivity index (χ4v) is 2.61. The zero-order chi connectivity index (χ0) is 15.0. The Morgan fingerprint density at radius 2 is 1.90 bits per heavy atom. The molecule has 2 aromatic rings. The lowest BCUT2D eigenvalue weighted by Gasteiger charge is -2.19. The lowest BCUT2D eigenvalue weighted by atomic mass is 10.2. The highest BCUT2D eigenvalue weighted by Crippen LogP contribution is 2.20. The third kappa shape index (κ3) is 3.67. The van der Waals surface area contributed by atoms with Crippen LogP contribution in [0, 0.1) is 0 Å². The molecule has 0 spiro atoms. The summed E-state index contributed by atoms with van der Waals surface area (Å²) in [6, 6.07) is 7.91. The number of halogens is 1. The summed E-state index contributed by atoms with van der Waals surface area (Å²) in [4.78, 5) is 11.4. The molecule has 1 heterocycles. The van der Waals surface area contributed by atoms with Crippen LogP contribution in [0.4, 0.5) is 0 Å². The maximum atomic E-state index is 12.1. The summed E-state index contributed by atoms with van der Waals surface area (Å²) in [5.41, 5.74) is 0.0205. The van der Waals surface area contributed by atoms with Crippen LogP contribution in [-0.2, 0) is 14.9 Å². The fraction of sp³-hybridized carbons (Fsp3) is 0.308. The number of nitrogens with zero attached hydrogens (tertiary/aromatic N) is 1. The normalized spacial score (nSPS) is 12.8. The molecule has 7 heteroatoms. The first-order chi connectivity index (χ1) is 9.17. The van der Waals surface area contributed by atoms with Gasteiger partial charge in [0, 0.05) is 5.39 Å². The minimum atomic E-state index is -3.73. The Morgan fingerprint density at radius 3 is 2.55 bits per heavy atom. The Hall–Kier alpha value is -1.21. The van der Waals surface area contributed by atoms with E-state index >= 15 is 0 Å². The quantitative estimate of drug-likeness (QED) is 0.698. The van der Waals surface area contributed by atoms with Gasteiger partial charge in [-0.25, -0.2) is 13.4 Å². The zero-order valence-corrected chi connectivity index (χ0v) is 12.9. The molecule has 1 aromatic carbocycles. The standard InChI is InChI=1S/C13H15ClN2O3S/c1-13(2,3)19-16-20(17,18)10-5-6-11-9(8-10)4-7-12(14)15-11/h4-8,16H,1-3H3. The van der Waals surface area contributed by atoms with Crippen molar-refractivity contribution in [2.45, 2.75) is 31.3 Å². The van der Waals surface area contributed by atoms with Crippen LogP contribution in [0.15, 0.2) is 35.2 Å². The topological polar surface area (TPSA) is 68.3 Å². The minimum absolute atomic E-state index is 0.110. The number of rotatable bonds is 3. The van der Waals surface area contributed by atoms with Gasteiger partial charge in [0.25, 0.3) is 10.0 Å². The van der Waals surface area contributed by atoms with E-state index in [1.807, 2.05) is 0 Å². The van der Waals surface area contributed by atoms with E-state index in [1.165, 1.54) is 12.1 Å². The number of sulfonamides is 1. The van der Waals surface area contributed by atoms with Crippen molar-refractivity contribution in [1.82, 2.24) is 9.87 Å². The molecular weight excluding hydrogens is 300 g/mol. The van der Waals surface area contributed by atoms with Gasteiger partial charge < -0.3 is 0 Å². The molecular formula is C13H15ClN2O3S. The van der Waals surface area contributed by atoms with E-state index in [0.717, 1.165) is 0 Å². The van der Waals surface area contributed by atoms with Crippen LogP contribution in [-0.4, -0.2) is 19.0 Å². The van der Waals surface area contributed by atoms with Gasteiger partial charge in [-0.3, -0.25) is 4.84 Å². The molecule has 1 N–H and O–H groups in total. The molecule has 0 radical (unpaired) electrons. The van der Waals surface area contributed by atoms with E-state index in [0.29, 0.717) is 16.1 Å². The first-order valence-corrected chi connectivity index (χ1v) is 7.80. The lowest BCUT2D eigenvalue weighted by molar-refractivity contribution is -0.0357. The van der Waals surface area contributed by atoms with Crippen molar-refractivity contribution in [3.05, 3.63) is 35.5 Å². The molecule has 0 bridgehead atoms. The van der Waals surface area contributed by atoms with E-state index in [2.05, 4.69) is 9.87 Å². The minimum Gasteiger partial charge on any atom is -0.281 e. The summed E-state index contributed by atoms with van der Waals surface area (Å²) < 4.78 is 24.2. The number of fused-ring (bicyclic) bond motifs is 1. The van der Waals surface area contributed by atoms with Crippen LogP contribution >= 0.6 is 11.6 Å². The highest BCUT2D eigenvalue weighted by atomic mass is 35.5. The Labute approximate surface area is 122 Å². The number of aromatic nitrogens is 1. The molecule has 0 atom stereocenters. The maximum Gasteiger partial charge on any atom is 0.262 e. The summed E-state index contributed by atoms with van der Waals surface area (Å²) in [6.45, 7) is 5.26. The Morgan fingerprint density at radius 1 is 1.20 bits per heavy atom. The number of nitrogens with one attached hydrogen (secondary N) is 1. The number of benzene rings is 1. The fourth-order valence-electron chi connectivity index (χ4n) is 1.47. The average Bonchev–Trinajstić information content (AvgIpc) is 2.35. The third-order valence-corrected chi connectivity index (χ3v) is 3.78. The molecule has 1 aromatic heterocycles. The summed E-state index contributed by atoms with van der Waals surface area (Å²) in [7, 11) is -3.73. The predicted octanol–water partition coefficient (Wildman–Crippen LogP) is 2.90. The van der Waals surface area contributed by atoms with Gasteiger partial charge in [-0.1, -0.05) is 16.5 Å². The second-order valence-electron chi connectivity index (χ2n) is 5.29. The highest BCUT2D eigenvalue weighted by Gasteiger charge is 2.19. The van der Waals surface area contributed by atoms with Gasteiger partial charge in [0.1, 0.15) is 5.15 Å². The monoisotopic (exact) mass is 314 g/mol. The number of pyridine rings is 1. The molecule has 0 saturated carbocycles. The third-order valence-electron chi connectivity index (χ3n) is 2.39. The van der Waals surface area contributed by atoms with Gasteiger partial charge in [-0.05, 0) is 51.1 Å². The van der Waals surface area contributed by atoms with Gasteiger partial charge in [-0.2, -0.15) is 0 Å². The second-order valence-corrected chi connectivity index (χ2v) is 7.32. The Kier molecular flexibility index (Phi) is 4.02. The van der Waals surface area contributed by atoms with Crippen LogP contribution < -0.4 is 4.89 Å². The van der Waals surface area contributed by atoms with Crippen LogP contribution in [0.2, 0.25) is 5.15 Å². The van der Waals surface area contributed by atoms with Crippen molar-refractivity contribution in [3.8, 4) is 0 Å². The predicted molar refractivity (Wildman–Crippen MR) is 77.9 cm³/mol. The molecule has 5 nitrogen and oxygen atoms in total. The molecule has 0 amide bonds. The largest absolute Gasteiger partial charge is 0.281 e. The van der Waals surface area contributed by atoms with Crippen molar-refractivity contribution >= 4 is 32.5 Å². The summed E-state index contributed by atoms with van der Waals surface area (Å²) in [6.07, 6.45) is 0. The lowest BCUT2D eigenvalue weighted by Crippen LogP contribution is -2.33. The molecule has 0 aliphatic carbocycles. The van der Waals surface area contributed by atoms with E-state index in [4.69, 9.17) is 16.4 Å². The van der Waals surface area contributed by atoms with Crippen molar-refractivity contribution in [3.63, 3.8) is 0 Å². The first-order valence-electron chi connectivity index (χ1n) is 5.93. The SMILES string of the molecule is CC(C)(C)ONS(=O)(=O)c1ccc2nc(Cl)ccc2c1. The van der Waals surface area contributed by atoms with Crippen LogP contribution in [0.25, 0.3) is 10.9 Å². The molecule has 2 rings (SSSR count). The summed E-state index contributed by atoms with van der Waals surface area (Å²) in [5.74, 6) is 0. The molecule has 108 valence electrons. The smallest absolute Gasteiger partial charge is 0.262 e. The van der Waals surface area contributed by atoms with E-state index in [1.54, 1.807) is 39.0 Å². The molecule has 0 saturated heterocycles. The Bertz CT molecular complexity index is 739. The van der Waals surface area contributed by atoms with E-state index < -0.39 is 15.6 Å². The van der Waals surface area contributed by atoms with Crippen LogP contribution in [0.3, 0.4) is 0 Å². The number of hydrogen-bond acceptors (Lipinski definition) is 4. The van der Waals surface area contributed by atoms with Crippen molar-refractivity contribution in [2.75, 3.05) is 0 Å². The maximum absolute atomic E-state index is 12.1. The van der Waals surface area contributed by atoms with E-state index in [9.17, 15) is 8.42 Å². The molecule has 20 heavy (non-hydrogen) atoms. The summed E-state index contributed by atoms with van der Waals surface area (Å²) >= 11 is 5.79. The van der Waals surface area contributed by atoms with Crippen molar-refractivity contribution in [1.29, 1.82) is 0 Å². The Balaban J connectivity index is 2.35. The second kappa shape index (κ2) is 5.29. The van der Waals surface area contributed by atoms with Gasteiger partial charge in [0.15, 0.2) is 0 Å². The summed E-state index contributed by atoms with van der Waals surface area (Å²) in [5, 5.41) is 1.05. The van der Waals surface area contributed by atoms with Gasteiger partial charge in [-0.15, -0.1) is 0 Å². The van der Waals surface area contributed by atoms with Crippen molar-refractivity contribution < 1.29 is 13.3 Å². The van der Waals surface area contributed by atoms with Gasteiger partial charge in [0.2, 0.25) is 0 Å². The highest BCUT2D eigenvalue weighted by molar-refractivity contribution is 7.89.